The summed E-state index contributed by atoms with van der Waals surface area (Å²) in [5, 5.41) is 0. The Balaban J connectivity index is 3.47. The van der Waals surface area contributed by atoms with E-state index in [0.717, 1.165) is 0 Å². The second-order valence-corrected chi connectivity index (χ2v) is 4.93. The van der Waals surface area contributed by atoms with Crippen molar-refractivity contribution in [3.63, 3.8) is 0 Å². The molecule has 0 aliphatic heterocycles. The third-order valence-corrected chi connectivity index (χ3v) is 2.99. The van der Waals surface area contributed by atoms with Gasteiger partial charge in [0.25, 0.3) is 0 Å². The molecule has 0 aliphatic rings. The van der Waals surface area contributed by atoms with Gasteiger partial charge in [0.1, 0.15) is 0 Å². The Hall–Kier alpha value is -0.720. The van der Waals surface area contributed by atoms with Crippen molar-refractivity contribution >= 4 is 0 Å². The minimum Gasteiger partial charge on any atom is -0.343 e. The molecule has 0 atom stereocenters. The van der Waals surface area contributed by atoms with Gasteiger partial charge in [-0.05, 0) is 59.6 Å². The van der Waals surface area contributed by atoms with E-state index in [-0.39, 0.29) is 5.54 Å². The molecular formula is C12H21N. The third-order valence-electron chi connectivity index (χ3n) is 2.99. The molecule has 1 aromatic heterocycles. The first kappa shape index (κ1) is 10.4. The molecule has 0 aliphatic carbocycles. The lowest BCUT2D eigenvalue weighted by molar-refractivity contribution is 0.382. The van der Waals surface area contributed by atoms with E-state index in [1.165, 1.54) is 22.5 Å². The predicted molar refractivity (Wildman–Crippen MR) is 58.4 cm³/mol. The van der Waals surface area contributed by atoms with Crippen LogP contribution < -0.4 is 0 Å². The lowest BCUT2D eigenvalue weighted by Crippen LogP contribution is -2.24. The summed E-state index contributed by atoms with van der Waals surface area (Å²) >= 11 is 0. The fourth-order valence-corrected chi connectivity index (χ4v) is 2.14. The summed E-state index contributed by atoms with van der Waals surface area (Å²) < 4.78 is 2.43. The monoisotopic (exact) mass is 179 g/mol. The Morgan fingerprint density at radius 2 is 1.08 bits per heavy atom. The van der Waals surface area contributed by atoms with Crippen LogP contribution in [-0.2, 0) is 5.54 Å². The summed E-state index contributed by atoms with van der Waals surface area (Å²) in [4.78, 5) is 0. The molecule has 0 N–H and O–H groups in total. The van der Waals surface area contributed by atoms with Crippen molar-refractivity contribution in [2.24, 2.45) is 0 Å². The van der Waals surface area contributed by atoms with Gasteiger partial charge >= 0.3 is 0 Å². The molecule has 0 unspecified atom stereocenters. The minimum absolute atomic E-state index is 0.202. The van der Waals surface area contributed by atoms with E-state index in [9.17, 15) is 0 Å². The fraction of sp³-hybridized carbons (Fsp3) is 0.667. The van der Waals surface area contributed by atoms with Gasteiger partial charge in [-0.15, -0.1) is 0 Å². The van der Waals surface area contributed by atoms with Gasteiger partial charge in [-0.2, -0.15) is 0 Å². The van der Waals surface area contributed by atoms with E-state index in [4.69, 9.17) is 0 Å². The zero-order valence-corrected chi connectivity index (χ0v) is 9.95. The lowest BCUT2D eigenvalue weighted by Gasteiger charge is -2.26. The fourth-order valence-electron chi connectivity index (χ4n) is 2.14. The topological polar surface area (TPSA) is 4.93 Å². The number of hydrogen-bond donors (Lipinski definition) is 0. The molecule has 0 radical (unpaired) electrons. The first-order chi connectivity index (χ1) is 5.76. The highest BCUT2D eigenvalue weighted by Gasteiger charge is 2.20. The Labute approximate surface area is 81.8 Å². The summed E-state index contributed by atoms with van der Waals surface area (Å²) in [6, 6.07) is 0. The molecule has 0 aromatic carbocycles. The predicted octanol–water partition coefficient (Wildman–Crippen LogP) is 3.48. The van der Waals surface area contributed by atoms with Crippen LogP contribution in [0.1, 0.15) is 43.3 Å². The molecule has 0 amide bonds. The number of aromatic nitrogens is 1. The van der Waals surface area contributed by atoms with Crippen LogP contribution in [0.25, 0.3) is 0 Å². The van der Waals surface area contributed by atoms with Crippen molar-refractivity contribution in [1.29, 1.82) is 0 Å². The van der Waals surface area contributed by atoms with Crippen molar-refractivity contribution in [2.75, 3.05) is 0 Å². The highest BCUT2D eigenvalue weighted by atomic mass is 15.1. The van der Waals surface area contributed by atoms with Crippen LogP contribution in [0, 0.1) is 27.7 Å². The maximum Gasteiger partial charge on any atom is 0.0360 e. The normalized spacial score (nSPS) is 12.2. The second kappa shape index (κ2) is 2.90. The molecular weight excluding hydrogens is 158 g/mol. The first-order valence-electron chi connectivity index (χ1n) is 4.92. The van der Waals surface area contributed by atoms with Gasteiger partial charge in [0.2, 0.25) is 0 Å². The van der Waals surface area contributed by atoms with E-state index in [2.05, 4.69) is 53.0 Å². The number of rotatable bonds is 0. The summed E-state index contributed by atoms with van der Waals surface area (Å²) in [7, 11) is 0. The summed E-state index contributed by atoms with van der Waals surface area (Å²) in [6.45, 7) is 15.6. The van der Waals surface area contributed by atoms with Crippen LogP contribution in [0.15, 0.2) is 0 Å². The SMILES string of the molecule is Cc1c(C)c(C)n(C(C)(C)C)c1C. The molecule has 74 valence electrons. The molecule has 1 nitrogen and oxygen atoms in total. The lowest BCUT2D eigenvalue weighted by atomic mass is 10.1. The van der Waals surface area contributed by atoms with Crippen LogP contribution in [0.3, 0.4) is 0 Å². The molecule has 0 fully saturated rings. The van der Waals surface area contributed by atoms with Gasteiger partial charge in [-0.25, -0.2) is 0 Å². The summed E-state index contributed by atoms with van der Waals surface area (Å²) in [6.07, 6.45) is 0. The number of hydrogen-bond acceptors (Lipinski definition) is 0. The second-order valence-electron chi connectivity index (χ2n) is 4.93. The van der Waals surface area contributed by atoms with Crippen LogP contribution >= 0.6 is 0 Å². The average Bonchev–Trinajstić information content (AvgIpc) is 2.14. The van der Waals surface area contributed by atoms with Crippen molar-refractivity contribution < 1.29 is 0 Å². The highest BCUT2D eigenvalue weighted by Crippen LogP contribution is 2.27. The molecule has 1 heterocycles. The summed E-state index contributed by atoms with van der Waals surface area (Å²) in [5.74, 6) is 0. The average molecular weight is 179 g/mol. The van der Waals surface area contributed by atoms with E-state index < -0.39 is 0 Å². The zero-order chi connectivity index (χ0) is 10.4. The van der Waals surface area contributed by atoms with E-state index in [1.807, 2.05) is 0 Å². The molecule has 0 spiro atoms. The Morgan fingerprint density at radius 3 is 1.23 bits per heavy atom. The van der Waals surface area contributed by atoms with Crippen molar-refractivity contribution in [3.05, 3.63) is 22.5 Å². The van der Waals surface area contributed by atoms with Gasteiger partial charge in [0.05, 0.1) is 0 Å². The van der Waals surface area contributed by atoms with Gasteiger partial charge in [-0.1, -0.05) is 0 Å². The van der Waals surface area contributed by atoms with Crippen molar-refractivity contribution in [3.8, 4) is 0 Å². The molecule has 1 rings (SSSR count). The smallest absolute Gasteiger partial charge is 0.0360 e. The van der Waals surface area contributed by atoms with Crippen molar-refractivity contribution in [2.45, 2.75) is 54.0 Å². The Bertz CT molecular complexity index is 298. The van der Waals surface area contributed by atoms with E-state index in [1.54, 1.807) is 0 Å². The van der Waals surface area contributed by atoms with Crippen molar-refractivity contribution in [1.82, 2.24) is 4.57 Å². The van der Waals surface area contributed by atoms with E-state index in [0.29, 0.717) is 0 Å². The maximum absolute atomic E-state index is 2.43. The zero-order valence-electron chi connectivity index (χ0n) is 9.95. The molecule has 1 aromatic rings. The molecule has 0 bridgehead atoms. The van der Waals surface area contributed by atoms with Crippen LogP contribution in [-0.4, -0.2) is 4.57 Å². The Morgan fingerprint density at radius 1 is 0.769 bits per heavy atom. The molecule has 0 saturated carbocycles. The Kier molecular flexibility index (Phi) is 2.31. The van der Waals surface area contributed by atoms with Gasteiger partial charge < -0.3 is 4.57 Å². The standard InChI is InChI=1S/C12H21N/c1-8-9(2)11(4)13(10(8)3)12(5,6)7/h1-7H3. The van der Waals surface area contributed by atoms with Gasteiger partial charge in [0.15, 0.2) is 0 Å². The molecule has 0 saturated heterocycles. The van der Waals surface area contributed by atoms with Gasteiger partial charge in [0, 0.05) is 16.9 Å². The largest absolute Gasteiger partial charge is 0.343 e. The van der Waals surface area contributed by atoms with E-state index >= 15 is 0 Å². The third kappa shape index (κ3) is 1.52. The maximum atomic E-state index is 2.43. The summed E-state index contributed by atoms with van der Waals surface area (Å²) in [5.41, 5.74) is 5.89. The van der Waals surface area contributed by atoms with Crippen LogP contribution in [0.4, 0.5) is 0 Å². The highest BCUT2D eigenvalue weighted by molar-refractivity contribution is 5.36. The van der Waals surface area contributed by atoms with Crippen LogP contribution in [0.5, 0.6) is 0 Å². The number of nitrogens with zero attached hydrogens (tertiary/aromatic N) is 1. The minimum atomic E-state index is 0.202. The van der Waals surface area contributed by atoms with Crippen LogP contribution in [0.2, 0.25) is 0 Å². The quantitative estimate of drug-likeness (QED) is 0.574. The first-order valence-corrected chi connectivity index (χ1v) is 4.92. The molecule has 13 heavy (non-hydrogen) atoms. The molecule has 1 heteroatoms. The van der Waals surface area contributed by atoms with Gasteiger partial charge in [-0.3, -0.25) is 0 Å².